The molecule has 0 atom stereocenters. The normalized spacial score (nSPS) is 10.5. The number of hydrogen-bond acceptors (Lipinski definition) is 4. The molecule has 0 bridgehead atoms. The fraction of sp³-hybridized carbons (Fsp3) is 0. The molecule has 0 aliphatic heterocycles. The third kappa shape index (κ3) is 4.35. The summed E-state index contributed by atoms with van der Waals surface area (Å²) >= 11 is 2.12. The molecular formula is C14H10IN3O3. The van der Waals surface area contributed by atoms with E-state index in [1.54, 1.807) is 30.3 Å². The number of nitro benzene ring substituents is 1. The minimum Gasteiger partial charge on any atom is -0.267 e. The largest absolute Gasteiger partial charge is 0.271 e. The molecule has 106 valence electrons. The summed E-state index contributed by atoms with van der Waals surface area (Å²) in [4.78, 5) is 21.9. The van der Waals surface area contributed by atoms with Crippen molar-refractivity contribution in [2.75, 3.05) is 0 Å². The number of rotatable bonds is 4. The first-order valence-electron chi connectivity index (χ1n) is 5.90. The third-order valence-electron chi connectivity index (χ3n) is 2.57. The Morgan fingerprint density at radius 3 is 2.57 bits per heavy atom. The molecule has 2 aromatic rings. The number of hydrazone groups is 1. The molecule has 0 saturated heterocycles. The summed E-state index contributed by atoms with van der Waals surface area (Å²) in [6, 6.07) is 13.0. The van der Waals surface area contributed by atoms with Gasteiger partial charge in [0.25, 0.3) is 11.6 Å². The van der Waals surface area contributed by atoms with Crippen LogP contribution in [0.15, 0.2) is 53.6 Å². The Hall–Kier alpha value is -2.29. The number of benzene rings is 2. The van der Waals surface area contributed by atoms with Crippen molar-refractivity contribution < 1.29 is 9.72 Å². The van der Waals surface area contributed by atoms with Gasteiger partial charge in [-0.15, -0.1) is 0 Å². The van der Waals surface area contributed by atoms with Gasteiger partial charge in [-0.25, -0.2) is 5.43 Å². The van der Waals surface area contributed by atoms with Gasteiger partial charge in [-0.1, -0.05) is 6.07 Å². The van der Waals surface area contributed by atoms with E-state index in [2.05, 4.69) is 33.1 Å². The summed E-state index contributed by atoms with van der Waals surface area (Å²) in [7, 11) is 0. The summed E-state index contributed by atoms with van der Waals surface area (Å²) in [6.45, 7) is 0. The van der Waals surface area contributed by atoms with Crippen LogP contribution in [0.5, 0.6) is 0 Å². The van der Waals surface area contributed by atoms with Gasteiger partial charge >= 0.3 is 0 Å². The Balaban J connectivity index is 1.99. The number of carbonyl (C=O) groups is 1. The zero-order chi connectivity index (χ0) is 15.2. The lowest BCUT2D eigenvalue weighted by molar-refractivity contribution is -0.384. The van der Waals surface area contributed by atoms with Gasteiger partial charge in [-0.2, -0.15) is 5.10 Å². The minimum atomic E-state index is -0.473. The highest BCUT2D eigenvalue weighted by Crippen LogP contribution is 2.10. The molecule has 0 aliphatic rings. The van der Waals surface area contributed by atoms with Gasteiger partial charge in [0.05, 0.1) is 11.1 Å². The van der Waals surface area contributed by atoms with Crippen LogP contribution < -0.4 is 5.43 Å². The third-order valence-corrected chi connectivity index (χ3v) is 3.24. The zero-order valence-electron chi connectivity index (χ0n) is 10.7. The van der Waals surface area contributed by atoms with E-state index in [9.17, 15) is 14.9 Å². The van der Waals surface area contributed by atoms with Crippen molar-refractivity contribution in [2.45, 2.75) is 0 Å². The molecule has 0 fully saturated rings. The van der Waals surface area contributed by atoms with E-state index in [1.807, 2.05) is 6.07 Å². The molecule has 1 amide bonds. The van der Waals surface area contributed by atoms with E-state index in [1.165, 1.54) is 18.3 Å². The summed E-state index contributed by atoms with van der Waals surface area (Å²) in [5.41, 5.74) is 3.59. The van der Waals surface area contributed by atoms with Crippen LogP contribution >= 0.6 is 22.6 Å². The van der Waals surface area contributed by atoms with E-state index in [-0.39, 0.29) is 11.6 Å². The molecule has 7 heteroatoms. The number of carbonyl (C=O) groups excluding carboxylic acids is 1. The fourth-order valence-electron chi connectivity index (χ4n) is 1.54. The first-order chi connectivity index (χ1) is 10.1. The van der Waals surface area contributed by atoms with Crippen molar-refractivity contribution in [1.82, 2.24) is 5.43 Å². The molecule has 0 saturated carbocycles. The van der Waals surface area contributed by atoms with Gasteiger partial charge in [0.2, 0.25) is 0 Å². The highest BCUT2D eigenvalue weighted by molar-refractivity contribution is 14.1. The van der Waals surface area contributed by atoms with Crippen LogP contribution in [0.3, 0.4) is 0 Å². The molecule has 1 N–H and O–H groups in total. The maximum Gasteiger partial charge on any atom is 0.271 e. The molecule has 2 rings (SSSR count). The predicted octanol–water partition coefficient (Wildman–Crippen LogP) is 2.96. The molecule has 0 heterocycles. The Bertz CT molecular complexity index is 699. The SMILES string of the molecule is O=C(N/N=C/c1ccc([N+](=O)[O-])cc1)c1cccc(I)c1. The lowest BCUT2D eigenvalue weighted by atomic mass is 10.2. The van der Waals surface area contributed by atoms with Gasteiger partial charge in [-0.3, -0.25) is 14.9 Å². The number of nitrogens with zero attached hydrogens (tertiary/aromatic N) is 2. The van der Waals surface area contributed by atoms with E-state index >= 15 is 0 Å². The minimum absolute atomic E-state index is 0.00930. The highest BCUT2D eigenvalue weighted by Gasteiger charge is 2.04. The molecule has 21 heavy (non-hydrogen) atoms. The van der Waals surface area contributed by atoms with E-state index < -0.39 is 4.92 Å². The number of amides is 1. The first kappa shape index (κ1) is 15.1. The Morgan fingerprint density at radius 2 is 1.95 bits per heavy atom. The standard InChI is InChI=1S/C14H10IN3O3/c15-12-3-1-2-11(8-12)14(19)17-16-9-10-4-6-13(7-5-10)18(20)21/h1-9H,(H,17,19)/b16-9+. The van der Waals surface area contributed by atoms with Crippen LogP contribution in [0.2, 0.25) is 0 Å². The maximum atomic E-state index is 11.8. The van der Waals surface area contributed by atoms with Gasteiger partial charge in [0.1, 0.15) is 0 Å². The lowest BCUT2D eigenvalue weighted by Crippen LogP contribution is -2.17. The van der Waals surface area contributed by atoms with Crippen molar-refractivity contribution in [3.05, 3.63) is 73.3 Å². The number of hydrogen-bond donors (Lipinski definition) is 1. The van der Waals surface area contributed by atoms with Crippen molar-refractivity contribution in [1.29, 1.82) is 0 Å². The van der Waals surface area contributed by atoms with Crippen molar-refractivity contribution in [3.63, 3.8) is 0 Å². The second kappa shape index (κ2) is 6.93. The second-order valence-corrected chi connectivity index (χ2v) is 5.30. The van der Waals surface area contributed by atoms with Crippen molar-refractivity contribution >= 4 is 40.4 Å². The van der Waals surface area contributed by atoms with E-state index in [0.29, 0.717) is 11.1 Å². The van der Waals surface area contributed by atoms with Crippen LogP contribution in [-0.2, 0) is 0 Å². The second-order valence-electron chi connectivity index (χ2n) is 4.06. The zero-order valence-corrected chi connectivity index (χ0v) is 12.9. The fourth-order valence-corrected chi connectivity index (χ4v) is 2.08. The smallest absolute Gasteiger partial charge is 0.267 e. The summed E-state index contributed by atoms with van der Waals surface area (Å²) < 4.78 is 0.958. The van der Waals surface area contributed by atoms with Gasteiger partial charge in [-0.05, 0) is 58.5 Å². The maximum absolute atomic E-state index is 11.8. The molecule has 0 unspecified atom stereocenters. The summed E-state index contributed by atoms with van der Waals surface area (Å²) in [5, 5.41) is 14.3. The van der Waals surface area contributed by atoms with Gasteiger partial charge in [0, 0.05) is 21.3 Å². The number of nitro groups is 1. The lowest BCUT2D eigenvalue weighted by Gasteiger charge is -2.00. The van der Waals surface area contributed by atoms with Crippen LogP contribution in [0.4, 0.5) is 5.69 Å². The summed E-state index contributed by atoms with van der Waals surface area (Å²) in [5.74, 6) is -0.313. The topological polar surface area (TPSA) is 84.6 Å². The number of non-ortho nitro benzene ring substituents is 1. The van der Waals surface area contributed by atoms with Crippen LogP contribution in [-0.4, -0.2) is 17.0 Å². The van der Waals surface area contributed by atoms with Crippen molar-refractivity contribution in [2.24, 2.45) is 5.10 Å². The quantitative estimate of drug-likeness (QED) is 0.374. The van der Waals surface area contributed by atoms with Crippen LogP contribution in [0.1, 0.15) is 15.9 Å². The molecule has 0 spiro atoms. The first-order valence-corrected chi connectivity index (χ1v) is 6.97. The van der Waals surface area contributed by atoms with Gasteiger partial charge in [0.15, 0.2) is 0 Å². The molecule has 0 aliphatic carbocycles. The molecule has 0 radical (unpaired) electrons. The van der Waals surface area contributed by atoms with Crippen molar-refractivity contribution in [3.8, 4) is 0 Å². The van der Waals surface area contributed by atoms with Crippen LogP contribution in [0, 0.1) is 13.7 Å². The Morgan fingerprint density at radius 1 is 1.24 bits per heavy atom. The van der Waals surface area contributed by atoms with Gasteiger partial charge < -0.3 is 0 Å². The average Bonchev–Trinajstić information content (AvgIpc) is 2.47. The van der Waals surface area contributed by atoms with Crippen LogP contribution in [0.25, 0.3) is 0 Å². The summed E-state index contributed by atoms with van der Waals surface area (Å²) in [6.07, 6.45) is 1.43. The number of nitrogens with one attached hydrogen (secondary N) is 1. The molecule has 0 aromatic heterocycles. The molecule has 2 aromatic carbocycles. The number of halogens is 1. The predicted molar refractivity (Wildman–Crippen MR) is 87.3 cm³/mol. The van der Waals surface area contributed by atoms with E-state index in [0.717, 1.165) is 3.57 Å². The average molecular weight is 395 g/mol. The monoisotopic (exact) mass is 395 g/mol. The molecular weight excluding hydrogens is 385 g/mol. The van der Waals surface area contributed by atoms with E-state index in [4.69, 9.17) is 0 Å². The molecule has 6 nitrogen and oxygen atoms in total. The highest BCUT2D eigenvalue weighted by atomic mass is 127. The Kier molecular flexibility index (Phi) is 4.99. The Labute approximate surface area is 134 Å².